The predicted molar refractivity (Wildman–Crippen MR) is 76.2 cm³/mol. The zero-order valence-electron chi connectivity index (χ0n) is 12.3. The molecule has 1 amide bonds. The molecule has 0 aliphatic heterocycles. The van der Waals surface area contributed by atoms with Crippen LogP contribution in [0.3, 0.4) is 0 Å². The van der Waals surface area contributed by atoms with E-state index in [-0.39, 0.29) is 11.8 Å². The number of amides is 1. The van der Waals surface area contributed by atoms with Crippen molar-refractivity contribution in [3.05, 3.63) is 23.4 Å². The molecule has 0 unspecified atom stereocenters. The van der Waals surface area contributed by atoms with Crippen LogP contribution in [-0.2, 0) is 4.74 Å². The summed E-state index contributed by atoms with van der Waals surface area (Å²) in [5.74, 6) is 0.425. The van der Waals surface area contributed by atoms with Crippen molar-refractivity contribution in [3.63, 3.8) is 0 Å². The summed E-state index contributed by atoms with van der Waals surface area (Å²) in [6.07, 6.45) is 0. The zero-order chi connectivity index (χ0) is 14.6. The van der Waals surface area contributed by atoms with E-state index in [9.17, 15) is 4.79 Å². The second-order valence-electron chi connectivity index (χ2n) is 5.51. The van der Waals surface area contributed by atoms with Crippen molar-refractivity contribution >= 4 is 11.7 Å². The van der Waals surface area contributed by atoms with Gasteiger partial charge in [0.15, 0.2) is 0 Å². The molecule has 0 aliphatic carbocycles. The normalized spacial score (nSPS) is 11.7. The SMILES string of the molecule is COC(C)(C)CNC(=O)c1cc(N)nc(C(C)C)c1. The third kappa shape index (κ3) is 4.52. The highest BCUT2D eigenvalue weighted by Crippen LogP contribution is 2.16. The van der Waals surface area contributed by atoms with Gasteiger partial charge in [-0.15, -0.1) is 0 Å². The van der Waals surface area contributed by atoms with Gasteiger partial charge in [0.2, 0.25) is 0 Å². The minimum Gasteiger partial charge on any atom is -0.384 e. The Hall–Kier alpha value is -1.62. The molecule has 0 fully saturated rings. The van der Waals surface area contributed by atoms with Crippen molar-refractivity contribution in [1.29, 1.82) is 0 Å². The molecule has 106 valence electrons. The Morgan fingerprint density at radius 2 is 2.11 bits per heavy atom. The number of carbonyl (C=O) groups excluding carboxylic acids is 1. The predicted octanol–water partition coefficient (Wildman–Crippen LogP) is 1.94. The summed E-state index contributed by atoms with van der Waals surface area (Å²) in [6.45, 7) is 8.28. The Bertz CT molecular complexity index is 456. The summed E-state index contributed by atoms with van der Waals surface area (Å²) in [5.41, 5.74) is 6.68. The van der Waals surface area contributed by atoms with Crippen molar-refractivity contribution in [2.75, 3.05) is 19.4 Å². The fraction of sp³-hybridized carbons (Fsp3) is 0.571. The number of nitrogens with two attached hydrogens (primary N) is 1. The average molecular weight is 265 g/mol. The van der Waals surface area contributed by atoms with E-state index in [1.54, 1.807) is 19.2 Å². The maximum absolute atomic E-state index is 12.1. The highest BCUT2D eigenvalue weighted by atomic mass is 16.5. The summed E-state index contributed by atoms with van der Waals surface area (Å²) in [4.78, 5) is 16.3. The van der Waals surface area contributed by atoms with E-state index in [0.29, 0.717) is 17.9 Å². The van der Waals surface area contributed by atoms with Crippen LogP contribution in [0.25, 0.3) is 0 Å². The fourth-order valence-electron chi connectivity index (χ4n) is 1.47. The maximum Gasteiger partial charge on any atom is 0.251 e. The van der Waals surface area contributed by atoms with Crippen LogP contribution in [0.2, 0.25) is 0 Å². The van der Waals surface area contributed by atoms with Gasteiger partial charge in [0.25, 0.3) is 5.91 Å². The number of hydrogen-bond donors (Lipinski definition) is 2. The standard InChI is InChI=1S/C14H23N3O2/c1-9(2)11-6-10(7-12(15)17-11)13(18)16-8-14(3,4)19-5/h6-7,9H,8H2,1-5H3,(H2,15,17)(H,16,18). The lowest BCUT2D eigenvalue weighted by Crippen LogP contribution is -2.39. The van der Waals surface area contributed by atoms with E-state index in [1.165, 1.54) is 0 Å². The minimum atomic E-state index is -0.394. The molecular formula is C14H23N3O2. The van der Waals surface area contributed by atoms with E-state index < -0.39 is 5.60 Å². The molecule has 0 atom stereocenters. The summed E-state index contributed by atoms with van der Waals surface area (Å²) in [7, 11) is 1.62. The van der Waals surface area contributed by atoms with E-state index in [1.807, 2.05) is 27.7 Å². The van der Waals surface area contributed by atoms with Crippen molar-refractivity contribution in [3.8, 4) is 0 Å². The first-order valence-electron chi connectivity index (χ1n) is 6.36. The first-order chi connectivity index (χ1) is 8.75. The second-order valence-corrected chi connectivity index (χ2v) is 5.51. The molecule has 1 rings (SSSR count). The number of nitrogens with zero attached hydrogens (tertiary/aromatic N) is 1. The van der Waals surface area contributed by atoms with E-state index in [4.69, 9.17) is 10.5 Å². The van der Waals surface area contributed by atoms with Gasteiger partial charge in [0.05, 0.1) is 5.60 Å². The highest BCUT2D eigenvalue weighted by molar-refractivity contribution is 5.95. The van der Waals surface area contributed by atoms with Gasteiger partial charge in [-0.3, -0.25) is 4.79 Å². The Balaban J connectivity index is 2.83. The second kappa shape index (κ2) is 6.02. The molecule has 1 aromatic rings. The minimum absolute atomic E-state index is 0.166. The number of pyridine rings is 1. The third-order valence-corrected chi connectivity index (χ3v) is 2.95. The highest BCUT2D eigenvalue weighted by Gasteiger charge is 2.18. The molecule has 3 N–H and O–H groups in total. The third-order valence-electron chi connectivity index (χ3n) is 2.95. The number of methoxy groups -OCH3 is 1. The molecule has 5 nitrogen and oxygen atoms in total. The Morgan fingerprint density at radius 3 is 2.63 bits per heavy atom. The Morgan fingerprint density at radius 1 is 1.47 bits per heavy atom. The molecule has 0 aliphatic rings. The van der Waals surface area contributed by atoms with Crippen LogP contribution < -0.4 is 11.1 Å². The number of anilines is 1. The van der Waals surface area contributed by atoms with Crippen molar-refractivity contribution < 1.29 is 9.53 Å². The lowest BCUT2D eigenvalue weighted by molar-refractivity contribution is 0.0229. The lowest BCUT2D eigenvalue weighted by Gasteiger charge is -2.23. The molecule has 1 aromatic heterocycles. The summed E-state index contributed by atoms with van der Waals surface area (Å²) in [6, 6.07) is 3.36. The van der Waals surface area contributed by atoms with Gasteiger partial charge in [-0.1, -0.05) is 13.8 Å². The molecule has 19 heavy (non-hydrogen) atoms. The smallest absolute Gasteiger partial charge is 0.251 e. The zero-order valence-corrected chi connectivity index (χ0v) is 12.3. The van der Waals surface area contributed by atoms with Gasteiger partial charge in [-0.25, -0.2) is 4.98 Å². The number of nitrogens with one attached hydrogen (secondary N) is 1. The van der Waals surface area contributed by atoms with Crippen LogP contribution in [-0.4, -0.2) is 30.1 Å². The first kappa shape index (κ1) is 15.4. The number of ether oxygens (including phenoxy) is 1. The van der Waals surface area contributed by atoms with Gasteiger partial charge >= 0.3 is 0 Å². The molecule has 0 saturated heterocycles. The van der Waals surface area contributed by atoms with Gasteiger partial charge < -0.3 is 15.8 Å². The van der Waals surface area contributed by atoms with Crippen LogP contribution in [0, 0.1) is 0 Å². The summed E-state index contributed by atoms with van der Waals surface area (Å²) in [5, 5.41) is 2.84. The number of hydrogen-bond acceptors (Lipinski definition) is 4. The molecule has 0 saturated carbocycles. The summed E-state index contributed by atoms with van der Waals surface area (Å²) < 4.78 is 5.26. The van der Waals surface area contributed by atoms with Crippen molar-refractivity contribution in [1.82, 2.24) is 10.3 Å². The van der Waals surface area contributed by atoms with Crippen molar-refractivity contribution in [2.24, 2.45) is 0 Å². The number of nitrogen functional groups attached to an aromatic ring is 1. The van der Waals surface area contributed by atoms with E-state index in [2.05, 4.69) is 10.3 Å². The quantitative estimate of drug-likeness (QED) is 0.853. The Kier molecular flexibility index (Phi) is 4.89. The van der Waals surface area contributed by atoms with Gasteiger partial charge in [-0.2, -0.15) is 0 Å². The van der Waals surface area contributed by atoms with Gasteiger partial charge in [-0.05, 0) is 31.9 Å². The lowest BCUT2D eigenvalue weighted by atomic mass is 10.1. The molecule has 0 bridgehead atoms. The number of carbonyl (C=O) groups is 1. The van der Waals surface area contributed by atoms with Crippen LogP contribution in [0.15, 0.2) is 12.1 Å². The number of rotatable bonds is 5. The van der Waals surface area contributed by atoms with E-state index >= 15 is 0 Å². The summed E-state index contributed by atoms with van der Waals surface area (Å²) >= 11 is 0. The molecule has 1 heterocycles. The monoisotopic (exact) mass is 265 g/mol. The Labute approximate surface area is 114 Å². The topological polar surface area (TPSA) is 77.2 Å². The van der Waals surface area contributed by atoms with Crippen LogP contribution in [0.5, 0.6) is 0 Å². The first-order valence-corrected chi connectivity index (χ1v) is 6.36. The van der Waals surface area contributed by atoms with Crippen LogP contribution in [0.4, 0.5) is 5.82 Å². The average Bonchev–Trinajstić information content (AvgIpc) is 2.35. The molecule has 0 aromatic carbocycles. The maximum atomic E-state index is 12.1. The van der Waals surface area contributed by atoms with Crippen LogP contribution >= 0.6 is 0 Å². The molecule has 5 heteroatoms. The largest absolute Gasteiger partial charge is 0.384 e. The van der Waals surface area contributed by atoms with Crippen molar-refractivity contribution in [2.45, 2.75) is 39.2 Å². The van der Waals surface area contributed by atoms with Crippen LogP contribution in [0.1, 0.15) is 49.7 Å². The fourth-order valence-corrected chi connectivity index (χ4v) is 1.47. The molecule has 0 spiro atoms. The van der Waals surface area contributed by atoms with E-state index in [0.717, 1.165) is 5.69 Å². The number of aromatic nitrogens is 1. The van der Waals surface area contributed by atoms with Gasteiger partial charge in [0, 0.05) is 24.9 Å². The molecular weight excluding hydrogens is 242 g/mol. The van der Waals surface area contributed by atoms with Gasteiger partial charge in [0.1, 0.15) is 5.82 Å². The molecule has 0 radical (unpaired) electrons.